The Morgan fingerprint density at radius 3 is 2.32 bits per heavy atom. The van der Waals surface area contributed by atoms with E-state index >= 15 is 0 Å². The monoisotopic (exact) mass is 437 g/mol. The fourth-order valence-corrected chi connectivity index (χ4v) is 3.88. The largest absolute Gasteiger partial charge is 0.504 e. The van der Waals surface area contributed by atoms with E-state index < -0.39 is 23.1 Å². The zero-order chi connectivity index (χ0) is 19.9. The van der Waals surface area contributed by atoms with Gasteiger partial charge >= 0.3 is 5.97 Å². The van der Waals surface area contributed by atoms with Gasteiger partial charge in [0.1, 0.15) is 0 Å². The van der Waals surface area contributed by atoms with Gasteiger partial charge in [-0.25, -0.2) is 4.79 Å². The molecule has 0 radical (unpaired) electrons. The number of pyridine rings is 1. The van der Waals surface area contributed by atoms with Crippen molar-refractivity contribution in [2.75, 3.05) is 0 Å². The van der Waals surface area contributed by atoms with Gasteiger partial charge in [0.25, 0.3) is 0 Å². The van der Waals surface area contributed by atoms with Crippen molar-refractivity contribution in [3.63, 3.8) is 0 Å². The van der Waals surface area contributed by atoms with E-state index in [0.29, 0.717) is 15.6 Å². The number of benzene rings is 2. The van der Waals surface area contributed by atoms with Crippen LogP contribution in [0.4, 0.5) is 0 Å². The summed E-state index contributed by atoms with van der Waals surface area (Å²) in [5, 5.41) is 20.6. The van der Waals surface area contributed by atoms with Crippen molar-refractivity contribution in [2.45, 2.75) is 12.5 Å². The Labute approximate surface area is 170 Å². The Kier molecular flexibility index (Phi) is 4.43. The van der Waals surface area contributed by atoms with Crippen molar-refractivity contribution in [3.05, 3.63) is 99.5 Å². The summed E-state index contributed by atoms with van der Waals surface area (Å²) in [6.07, 6.45) is 1.78. The van der Waals surface area contributed by atoms with E-state index in [1.54, 1.807) is 42.6 Å². The number of hydrogen-bond donors (Lipinski definition) is 2. The second-order valence-corrected chi connectivity index (χ2v) is 7.40. The minimum atomic E-state index is -1.61. The lowest BCUT2D eigenvalue weighted by molar-refractivity contribution is -0.147. The van der Waals surface area contributed by atoms with E-state index in [1.807, 2.05) is 31.2 Å². The van der Waals surface area contributed by atoms with Crippen LogP contribution in [0, 0.1) is 6.92 Å². The van der Waals surface area contributed by atoms with E-state index in [2.05, 4.69) is 20.9 Å². The lowest BCUT2D eigenvalue weighted by atomic mass is 9.84. The second-order valence-electron chi connectivity index (χ2n) is 6.55. The van der Waals surface area contributed by atoms with Crippen LogP contribution in [-0.2, 0) is 15.1 Å². The number of ether oxygens (including phenoxy) is 1. The maximum Gasteiger partial charge on any atom is 0.378 e. The Balaban J connectivity index is 1.88. The summed E-state index contributed by atoms with van der Waals surface area (Å²) in [5.74, 6) is -2.29. The average molecular weight is 438 g/mol. The van der Waals surface area contributed by atoms with Crippen LogP contribution in [0.25, 0.3) is 11.3 Å². The molecule has 4 rings (SSSR count). The number of esters is 1. The highest BCUT2D eigenvalue weighted by Crippen LogP contribution is 2.46. The van der Waals surface area contributed by atoms with Crippen LogP contribution >= 0.6 is 15.9 Å². The van der Waals surface area contributed by atoms with Crippen molar-refractivity contribution in [2.24, 2.45) is 0 Å². The Bertz CT molecular complexity index is 1090. The topological polar surface area (TPSA) is 79.7 Å². The van der Waals surface area contributed by atoms with Crippen LogP contribution in [0.3, 0.4) is 0 Å². The predicted octanol–water partition coefficient (Wildman–Crippen LogP) is 4.95. The standard InChI is InChI=1S/C22H16BrNO4/c1-13-7-10-18(24-12-13)16-9-8-15(11-17(16)23)22(14-5-3-2-4-6-14)20(26)19(25)21(27)28-22/h2-12,25-26H,1H3. The summed E-state index contributed by atoms with van der Waals surface area (Å²) in [6.45, 7) is 1.97. The lowest BCUT2D eigenvalue weighted by Crippen LogP contribution is -2.31. The molecule has 5 nitrogen and oxygen atoms in total. The molecular formula is C22H16BrNO4. The summed E-state index contributed by atoms with van der Waals surface area (Å²) in [5.41, 5.74) is 2.11. The van der Waals surface area contributed by atoms with Crippen LogP contribution in [0.2, 0.25) is 0 Å². The summed E-state index contributed by atoms with van der Waals surface area (Å²) in [4.78, 5) is 16.5. The number of cyclic esters (lactones) is 1. The van der Waals surface area contributed by atoms with Gasteiger partial charge in [-0.05, 0) is 24.6 Å². The third kappa shape index (κ3) is 2.77. The minimum Gasteiger partial charge on any atom is -0.504 e. The van der Waals surface area contributed by atoms with Gasteiger partial charge in [0.05, 0.1) is 5.69 Å². The molecule has 1 unspecified atom stereocenters. The van der Waals surface area contributed by atoms with Crippen molar-refractivity contribution >= 4 is 21.9 Å². The predicted molar refractivity (Wildman–Crippen MR) is 108 cm³/mol. The van der Waals surface area contributed by atoms with E-state index in [-0.39, 0.29) is 0 Å². The minimum absolute atomic E-state index is 0.497. The molecule has 2 heterocycles. The maximum absolute atomic E-state index is 12.0. The molecule has 2 N–H and O–H groups in total. The summed E-state index contributed by atoms with van der Waals surface area (Å²) < 4.78 is 6.23. The smallest absolute Gasteiger partial charge is 0.378 e. The maximum atomic E-state index is 12.0. The fraction of sp³-hybridized carbons (Fsp3) is 0.0909. The summed E-state index contributed by atoms with van der Waals surface area (Å²) >= 11 is 3.56. The molecule has 0 fully saturated rings. The summed E-state index contributed by atoms with van der Waals surface area (Å²) in [6, 6.07) is 18.0. The van der Waals surface area contributed by atoms with Gasteiger partial charge in [-0.15, -0.1) is 0 Å². The highest BCUT2D eigenvalue weighted by atomic mass is 79.9. The number of halogens is 1. The number of hydrogen-bond acceptors (Lipinski definition) is 5. The van der Waals surface area contributed by atoms with Crippen molar-refractivity contribution < 1.29 is 19.7 Å². The fourth-order valence-electron chi connectivity index (χ4n) is 3.30. The van der Waals surface area contributed by atoms with Crippen LogP contribution in [-0.4, -0.2) is 21.2 Å². The first-order valence-corrected chi connectivity index (χ1v) is 9.37. The Hall–Kier alpha value is -3.12. The van der Waals surface area contributed by atoms with Crippen molar-refractivity contribution in [1.29, 1.82) is 0 Å². The molecule has 1 aliphatic heterocycles. The Morgan fingerprint density at radius 1 is 1.00 bits per heavy atom. The van der Waals surface area contributed by atoms with Gasteiger partial charge in [-0.3, -0.25) is 4.98 Å². The number of aromatic nitrogens is 1. The number of nitrogens with zero attached hydrogens (tertiary/aromatic N) is 1. The number of carbonyl (C=O) groups excluding carboxylic acids is 1. The molecule has 0 saturated heterocycles. The number of aliphatic hydroxyl groups excluding tert-OH is 2. The number of carbonyl (C=O) groups is 1. The lowest BCUT2D eigenvalue weighted by Gasteiger charge is -2.29. The highest BCUT2D eigenvalue weighted by molar-refractivity contribution is 9.10. The van der Waals surface area contributed by atoms with E-state index in [4.69, 9.17) is 4.74 Å². The normalized spacial score (nSPS) is 19.0. The summed E-state index contributed by atoms with van der Waals surface area (Å²) in [7, 11) is 0. The Morgan fingerprint density at radius 2 is 1.75 bits per heavy atom. The van der Waals surface area contributed by atoms with Gasteiger partial charge in [0.2, 0.25) is 11.4 Å². The van der Waals surface area contributed by atoms with Crippen LogP contribution in [0.15, 0.2) is 82.9 Å². The first-order chi connectivity index (χ1) is 13.4. The molecule has 1 aliphatic rings. The molecular weight excluding hydrogens is 422 g/mol. The molecule has 6 heteroatoms. The van der Waals surface area contributed by atoms with Gasteiger partial charge in [-0.1, -0.05) is 64.5 Å². The van der Waals surface area contributed by atoms with Crippen molar-refractivity contribution in [1.82, 2.24) is 4.98 Å². The molecule has 0 saturated carbocycles. The molecule has 0 aliphatic carbocycles. The molecule has 1 atom stereocenters. The molecule has 3 aromatic rings. The van der Waals surface area contributed by atoms with Gasteiger partial charge in [0, 0.05) is 27.4 Å². The molecule has 0 amide bonds. The van der Waals surface area contributed by atoms with Gasteiger partial charge in [0.15, 0.2) is 5.76 Å². The van der Waals surface area contributed by atoms with Crippen LogP contribution < -0.4 is 0 Å². The molecule has 2 aromatic carbocycles. The average Bonchev–Trinajstić information content (AvgIpc) is 2.94. The third-order valence-electron chi connectivity index (χ3n) is 4.74. The number of aliphatic hydroxyl groups is 2. The molecule has 0 spiro atoms. The van der Waals surface area contributed by atoms with E-state index in [1.165, 1.54) is 0 Å². The molecule has 1 aromatic heterocycles. The molecule has 28 heavy (non-hydrogen) atoms. The second kappa shape index (κ2) is 6.80. The van der Waals surface area contributed by atoms with Gasteiger partial charge < -0.3 is 14.9 Å². The first kappa shape index (κ1) is 18.3. The zero-order valence-electron chi connectivity index (χ0n) is 14.9. The quantitative estimate of drug-likeness (QED) is 0.566. The van der Waals surface area contributed by atoms with Crippen LogP contribution in [0.5, 0.6) is 0 Å². The molecule has 0 bridgehead atoms. The third-order valence-corrected chi connectivity index (χ3v) is 5.40. The SMILES string of the molecule is Cc1ccc(-c2ccc(C3(c4ccccc4)OC(=O)C(O)=C3O)cc2Br)nc1. The highest BCUT2D eigenvalue weighted by Gasteiger charge is 2.52. The zero-order valence-corrected chi connectivity index (χ0v) is 16.5. The van der Waals surface area contributed by atoms with E-state index in [9.17, 15) is 15.0 Å². The van der Waals surface area contributed by atoms with Crippen molar-refractivity contribution in [3.8, 4) is 11.3 Å². The molecule has 140 valence electrons. The van der Waals surface area contributed by atoms with Crippen LogP contribution in [0.1, 0.15) is 16.7 Å². The van der Waals surface area contributed by atoms with Gasteiger partial charge in [-0.2, -0.15) is 0 Å². The number of rotatable bonds is 3. The number of aryl methyl sites for hydroxylation is 1. The van der Waals surface area contributed by atoms with E-state index in [0.717, 1.165) is 16.8 Å². The first-order valence-electron chi connectivity index (χ1n) is 8.58.